The first kappa shape index (κ1) is 20.5. The fourth-order valence-electron chi connectivity index (χ4n) is 3.63. The van der Waals surface area contributed by atoms with Gasteiger partial charge in [0.15, 0.2) is 0 Å². The van der Waals surface area contributed by atoms with Crippen LogP contribution in [0.15, 0.2) is 54.1 Å². The van der Waals surface area contributed by atoms with Gasteiger partial charge in [0.25, 0.3) is 11.7 Å². The number of unbranched alkanes of at least 4 members (excludes halogenated alkanes) is 2. The van der Waals surface area contributed by atoms with Crippen molar-refractivity contribution in [1.29, 1.82) is 0 Å². The Labute approximate surface area is 170 Å². The molecule has 0 spiro atoms. The van der Waals surface area contributed by atoms with Gasteiger partial charge in [0.1, 0.15) is 17.3 Å². The van der Waals surface area contributed by atoms with Crippen molar-refractivity contribution in [1.82, 2.24) is 4.90 Å². The zero-order valence-electron chi connectivity index (χ0n) is 16.6. The summed E-state index contributed by atoms with van der Waals surface area (Å²) < 4.78 is 5.31. The van der Waals surface area contributed by atoms with Crippen LogP contribution in [0.3, 0.4) is 0 Å². The molecule has 1 aliphatic rings. The van der Waals surface area contributed by atoms with E-state index < -0.39 is 17.7 Å². The lowest BCUT2D eigenvalue weighted by atomic mass is 9.95. The highest BCUT2D eigenvalue weighted by Crippen LogP contribution is 2.41. The number of benzene rings is 2. The molecule has 1 saturated heterocycles. The Morgan fingerprint density at radius 2 is 1.76 bits per heavy atom. The summed E-state index contributed by atoms with van der Waals surface area (Å²) in [6.45, 7) is 2.47. The quantitative estimate of drug-likeness (QED) is 0.320. The second-order valence-electron chi connectivity index (χ2n) is 6.99. The van der Waals surface area contributed by atoms with E-state index in [2.05, 4.69) is 6.92 Å². The number of rotatable bonds is 7. The third kappa shape index (κ3) is 3.97. The maximum absolute atomic E-state index is 12.9. The number of phenolic OH excluding ortho intramolecular Hbond substituents is 1. The van der Waals surface area contributed by atoms with Crippen LogP contribution in [0.1, 0.15) is 43.4 Å². The number of Topliss-reactive ketones (excluding diaryl/α,β-unsaturated/α-hetero) is 1. The smallest absolute Gasteiger partial charge is 0.295 e. The third-order valence-electron chi connectivity index (χ3n) is 5.11. The maximum Gasteiger partial charge on any atom is 0.295 e. The van der Waals surface area contributed by atoms with Crippen LogP contribution in [-0.4, -0.2) is 40.5 Å². The highest BCUT2D eigenvalue weighted by Gasteiger charge is 2.46. The van der Waals surface area contributed by atoms with Gasteiger partial charge >= 0.3 is 0 Å². The molecule has 6 nitrogen and oxygen atoms in total. The van der Waals surface area contributed by atoms with Crippen molar-refractivity contribution in [2.24, 2.45) is 0 Å². The maximum atomic E-state index is 12.9. The van der Waals surface area contributed by atoms with E-state index in [0.717, 1.165) is 19.3 Å². The summed E-state index contributed by atoms with van der Waals surface area (Å²) >= 11 is 0. The number of amides is 1. The summed E-state index contributed by atoms with van der Waals surface area (Å²) in [7, 11) is 1.48. The molecule has 29 heavy (non-hydrogen) atoms. The van der Waals surface area contributed by atoms with Crippen molar-refractivity contribution < 1.29 is 24.5 Å². The summed E-state index contributed by atoms with van der Waals surface area (Å²) in [5.74, 6) is -1.12. The first-order valence-electron chi connectivity index (χ1n) is 9.70. The number of aromatic hydroxyl groups is 1. The molecule has 1 heterocycles. The molecule has 1 amide bonds. The average Bonchev–Trinajstić information content (AvgIpc) is 2.99. The van der Waals surface area contributed by atoms with Gasteiger partial charge in [0, 0.05) is 6.54 Å². The summed E-state index contributed by atoms with van der Waals surface area (Å²) in [5.41, 5.74) is 1.03. The molecule has 1 unspecified atom stereocenters. The summed E-state index contributed by atoms with van der Waals surface area (Å²) in [6.07, 6.45) is 2.67. The van der Waals surface area contributed by atoms with Gasteiger partial charge in [0.05, 0.1) is 24.3 Å². The van der Waals surface area contributed by atoms with Crippen LogP contribution in [0.4, 0.5) is 0 Å². The molecule has 0 bridgehead atoms. The number of para-hydroxylation sites is 1. The topological polar surface area (TPSA) is 87.1 Å². The number of methoxy groups -OCH3 is 1. The number of ether oxygens (including phenoxy) is 1. The second kappa shape index (κ2) is 8.82. The van der Waals surface area contributed by atoms with Crippen molar-refractivity contribution in [3.05, 3.63) is 65.2 Å². The third-order valence-corrected chi connectivity index (χ3v) is 5.11. The molecule has 0 saturated carbocycles. The zero-order chi connectivity index (χ0) is 21.0. The molecule has 0 aromatic heterocycles. The van der Waals surface area contributed by atoms with Crippen LogP contribution in [0.2, 0.25) is 0 Å². The van der Waals surface area contributed by atoms with E-state index in [9.17, 15) is 19.8 Å². The Bertz CT molecular complexity index is 933. The lowest BCUT2D eigenvalue weighted by Crippen LogP contribution is -2.30. The van der Waals surface area contributed by atoms with Gasteiger partial charge < -0.3 is 19.8 Å². The van der Waals surface area contributed by atoms with E-state index in [1.165, 1.54) is 24.1 Å². The molecule has 1 fully saturated rings. The Balaban J connectivity index is 2.15. The number of nitrogens with zero attached hydrogens (tertiary/aromatic N) is 1. The Morgan fingerprint density at radius 1 is 1.07 bits per heavy atom. The number of hydrogen-bond acceptors (Lipinski definition) is 5. The summed E-state index contributed by atoms with van der Waals surface area (Å²) in [4.78, 5) is 27.2. The predicted molar refractivity (Wildman–Crippen MR) is 110 cm³/mol. The SMILES string of the molecule is CCCCCN1C(=O)C(=O)/C(=C(\O)c2ccccc2OC)C1c1ccc(O)cc1. The van der Waals surface area contributed by atoms with Gasteiger partial charge in [-0.05, 0) is 36.2 Å². The lowest BCUT2D eigenvalue weighted by Gasteiger charge is -2.25. The van der Waals surface area contributed by atoms with E-state index in [1.54, 1.807) is 36.4 Å². The first-order chi connectivity index (χ1) is 14.0. The van der Waals surface area contributed by atoms with Crippen LogP contribution in [0.5, 0.6) is 11.5 Å². The number of hydrogen-bond donors (Lipinski definition) is 2. The molecular formula is C23H25NO5. The molecule has 1 atom stereocenters. The molecule has 152 valence electrons. The van der Waals surface area contributed by atoms with E-state index in [4.69, 9.17) is 4.74 Å². The molecule has 1 aliphatic heterocycles. The minimum atomic E-state index is -0.725. The number of aliphatic hydroxyl groups is 1. The number of carbonyl (C=O) groups excluding carboxylic acids is 2. The van der Waals surface area contributed by atoms with Crippen molar-refractivity contribution in [2.75, 3.05) is 13.7 Å². The Kier molecular flexibility index (Phi) is 6.22. The Morgan fingerprint density at radius 3 is 2.41 bits per heavy atom. The van der Waals surface area contributed by atoms with E-state index in [-0.39, 0.29) is 17.1 Å². The van der Waals surface area contributed by atoms with E-state index in [0.29, 0.717) is 23.4 Å². The van der Waals surface area contributed by atoms with E-state index in [1.807, 2.05) is 0 Å². The monoisotopic (exact) mass is 395 g/mol. The second-order valence-corrected chi connectivity index (χ2v) is 6.99. The Hall–Kier alpha value is -3.28. The fraction of sp³-hybridized carbons (Fsp3) is 0.304. The molecule has 0 radical (unpaired) electrons. The molecule has 0 aliphatic carbocycles. The van der Waals surface area contributed by atoms with Crippen LogP contribution in [0.25, 0.3) is 5.76 Å². The number of carbonyl (C=O) groups is 2. The van der Waals surface area contributed by atoms with Gasteiger partial charge in [-0.15, -0.1) is 0 Å². The minimum absolute atomic E-state index is 0.0293. The van der Waals surface area contributed by atoms with Crippen molar-refractivity contribution in [2.45, 2.75) is 32.2 Å². The van der Waals surface area contributed by atoms with Gasteiger partial charge in [-0.1, -0.05) is 44.0 Å². The van der Waals surface area contributed by atoms with Gasteiger partial charge in [-0.2, -0.15) is 0 Å². The van der Waals surface area contributed by atoms with Crippen molar-refractivity contribution in [3.8, 4) is 11.5 Å². The largest absolute Gasteiger partial charge is 0.508 e. The highest BCUT2D eigenvalue weighted by molar-refractivity contribution is 6.46. The molecule has 2 aromatic rings. The average molecular weight is 395 g/mol. The van der Waals surface area contributed by atoms with Crippen molar-refractivity contribution >= 4 is 17.4 Å². The fourth-order valence-corrected chi connectivity index (χ4v) is 3.63. The molecule has 2 aromatic carbocycles. The van der Waals surface area contributed by atoms with Crippen LogP contribution >= 0.6 is 0 Å². The van der Waals surface area contributed by atoms with Crippen molar-refractivity contribution in [3.63, 3.8) is 0 Å². The van der Waals surface area contributed by atoms with Gasteiger partial charge in [-0.25, -0.2) is 0 Å². The zero-order valence-corrected chi connectivity index (χ0v) is 16.6. The van der Waals surface area contributed by atoms with Crippen LogP contribution in [-0.2, 0) is 9.59 Å². The molecule has 3 rings (SSSR count). The number of likely N-dealkylation sites (tertiary alicyclic amines) is 1. The summed E-state index contributed by atoms with van der Waals surface area (Å²) in [6, 6.07) is 12.4. The molecule has 2 N–H and O–H groups in total. The lowest BCUT2D eigenvalue weighted by molar-refractivity contribution is -0.139. The van der Waals surface area contributed by atoms with Crippen LogP contribution < -0.4 is 4.74 Å². The predicted octanol–water partition coefficient (Wildman–Crippen LogP) is 4.01. The standard InChI is InChI=1S/C23H25NO5/c1-3-4-7-14-24-20(15-10-12-16(25)13-11-15)19(22(27)23(24)28)21(26)17-8-5-6-9-18(17)29-2/h5-6,8-13,20,25-26H,3-4,7,14H2,1-2H3/b21-19-. The molecular weight excluding hydrogens is 370 g/mol. The number of aliphatic hydroxyl groups excluding tert-OH is 1. The number of phenols is 1. The number of ketones is 1. The summed E-state index contributed by atoms with van der Waals surface area (Å²) in [5, 5.41) is 20.7. The molecule has 6 heteroatoms. The minimum Gasteiger partial charge on any atom is -0.508 e. The first-order valence-corrected chi connectivity index (χ1v) is 9.70. The highest BCUT2D eigenvalue weighted by atomic mass is 16.5. The van der Waals surface area contributed by atoms with Gasteiger partial charge in [-0.3, -0.25) is 9.59 Å². The normalized spacial score (nSPS) is 18.3. The van der Waals surface area contributed by atoms with E-state index >= 15 is 0 Å². The van der Waals surface area contributed by atoms with Gasteiger partial charge in [0.2, 0.25) is 0 Å². The van der Waals surface area contributed by atoms with Crippen LogP contribution in [0, 0.1) is 0 Å².